The Balaban J connectivity index is 1.92. The molecule has 0 radical (unpaired) electrons. The Morgan fingerprint density at radius 1 is 1.38 bits per heavy atom. The number of carbonyl (C=O) groups is 1. The lowest BCUT2D eigenvalue weighted by atomic mass is 10.2. The van der Waals surface area contributed by atoms with Crippen molar-refractivity contribution in [2.45, 2.75) is 0 Å². The molecule has 2 aromatic rings. The smallest absolute Gasteiger partial charge is 0.271 e. The van der Waals surface area contributed by atoms with Crippen LogP contribution < -0.4 is 9.64 Å². The summed E-state index contributed by atoms with van der Waals surface area (Å²) in [7, 11) is 1.46. The maximum atomic E-state index is 12.6. The molecular formula is C16H11ClN2O3S2. The Kier molecular flexibility index (Phi) is 4.75. The van der Waals surface area contributed by atoms with E-state index in [1.807, 2.05) is 0 Å². The van der Waals surface area contributed by atoms with Crippen LogP contribution in [-0.4, -0.2) is 27.4 Å². The molecule has 122 valence electrons. The highest BCUT2D eigenvalue weighted by Gasteiger charge is 2.34. The maximum absolute atomic E-state index is 12.6. The first-order valence-corrected chi connectivity index (χ1v) is 8.36. The summed E-state index contributed by atoms with van der Waals surface area (Å²) in [6.45, 7) is 0. The molecule has 3 rings (SSSR count). The van der Waals surface area contributed by atoms with Gasteiger partial charge in [0.2, 0.25) is 0 Å². The zero-order valence-corrected chi connectivity index (χ0v) is 14.8. The number of anilines is 1. The fourth-order valence-electron chi connectivity index (χ4n) is 2.10. The van der Waals surface area contributed by atoms with Gasteiger partial charge in [-0.1, -0.05) is 41.6 Å². The van der Waals surface area contributed by atoms with Crippen molar-refractivity contribution in [1.29, 1.82) is 0 Å². The quantitative estimate of drug-likeness (QED) is 0.646. The van der Waals surface area contributed by atoms with Gasteiger partial charge in [-0.15, -0.1) is 0 Å². The van der Waals surface area contributed by atoms with Crippen molar-refractivity contribution < 1.29 is 14.6 Å². The Bertz CT molecular complexity index is 853. The number of amides is 1. The van der Waals surface area contributed by atoms with Crippen LogP contribution in [0.5, 0.6) is 11.5 Å². The number of thiocarbonyl (C=S) groups is 1. The summed E-state index contributed by atoms with van der Waals surface area (Å²) in [6, 6.07) is 8.12. The number of hydrogen-bond acceptors (Lipinski definition) is 6. The number of phenolic OH excluding ortho intramolecular Hbond substituents is 1. The average Bonchev–Trinajstić information content (AvgIpc) is 2.84. The molecule has 1 aromatic carbocycles. The third-order valence-electron chi connectivity index (χ3n) is 3.24. The molecule has 1 aliphatic rings. The molecule has 0 aliphatic carbocycles. The van der Waals surface area contributed by atoms with Gasteiger partial charge in [-0.25, -0.2) is 9.88 Å². The van der Waals surface area contributed by atoms with Crippen LogP contribution in [0.3, 0.4) is 0 Å². The molecule has 0 spiro atoms. The summed E-state index contributed by atoms with van der Waals surface area (Å²) in [6.07, 6.45) is 3.15. The molecule has 8 heteroatoms. The minimum Gasteiger partial charge on any atom is -0.504 e. The van der Waals surface area contributed by atoms with E-state index in [4.69, 9.17) is 28.6 Å². The van der Waals surface area contributed by atoms with Crippen molar-refractivity contribution in [3.63, 3.8) is 0 Å². The lowest BCUT2D eigenvalue weighted by molar-refractivity contribution is -0.113. The summed E-state index contributed by atoms with van der Waals surface area (Å²) in [5.41, 5.74) is 0.717. The van der Waals surface area contributed by atoms with Crippen molar-refractivity contribution in [2.75, 3.05) is 12.0 Å². The van der Waals surface area contributed by atoms with Gasteiger partial charge in [-0.05, 0) is 35.9 Å². The van der Waals surface area contributed by atoms with Gasteiger partial charge in [0.25, 0.3) is 5.91 Å². The molecule has 1 aromatic heterocycles. The Morgan fingerprint density at radius 2 is 2.17 bits per heavy atom. The van der Waals surface area contributed by atoms with Crippen LogP contribution in [0.25, 0.3) is 6.08 Å². The molecular weight excluding hydrogens is 368 g/mol. The highest BCUT2D eigenvalue weighted by molar-refractivity contribution is 8.27. The number of aromatic hydroxyl groups is 1. The highest BCUT2D eigenvalue weighted by Crippen LogP contribution is 2.36. The van der Waals surface area contributed by atoms with E-state index in [9.17, 15) is 9.90 Å². The third kappa shape index (κ3) is 3.24. The minimum atomic E-state index is -0.258. The van der Waals surface area contributed by atoms with Gasteiger partial charge in [-0.3, -0.25) is 4.79 Å². The maximum Gasteiger partial charge on any atom is 0.271 e. The molecule has 0 atom stereocenters. The van der Waals surface area contributed by atoms with Crippen molar-refractivity contribution in [1.82, 2.24) is 4.98 Å². The minimum absolute atomic E-state index is 0.0348. The number of hydrogen-bond donors (Lipinski definition) is 1. The largest absolute Gasteiger partial charge is 0.504 e. The molecule has 5 nitrogen and oxygen atoms in total. The first-order chi connectivity index (χ1) is 11.5. The van der Waals surface area contributed by atoms with E-state index in [-0.39, 0.29) is 11.7 Å². The van der Waals surface area contributed by atoms with Crippen LogP contribution in [0.15, 0.2) is 41.4 Å². The van der Waals surface area contributed by atoms with Gasteiger partial charge in [-0.2, -0.15) is 0 Å². The predicted octanol–water partition coefficient (Wildman–Crippen LogP) is 3.86. The van der Waals surface area contributed by atoms with E-state index < -0.39 is 0 Å². The lowest BCUT2D eigenvalue weighted by Crippen LogP contribution is -2.28. The first kappa shape index (κ1) is 16.8. The van der Waals surface area contributed by atoms with Crippen molar-refractivity contribution in [3.8, 4) is 11.5 Å². The van der Waals surface area contributed by atoms with E-state index >= 15 is 0 Å². The molecule has 1 N–H and O–H groups in total. The Morgan fingerprint density at radius 3 is 2.83 bits per heavy atom. The van der Waals surface area contributed by atoms with Crippen LogP contribution in [0.1, 0.15) is 5.56 Å². The van der Waals surface area contributed by atoms with Crippen LogP contribution in [-0.2, 0) is 4.79 Å². The molecule has 0 saturated carbocycles. The molecule has 1 saturated heterocycles. The number of ether oxygens (including phenoxy) is 1. The average molecular weight is 379 g/mol. The molecule has 0 unspecified atom stereocenters. The molecule has 2 heterocycles. The zero-order valence-electron chi connectivity index (χ0n) is 12.4. The first-order valence-electron chi connectivity index (χ1n) is 6.76. The second kappa shape index (κ2) is 6.80. The monoisotopic (exact) mass is 378 g/mol. The number of benzene rings is 1. The summed E-state index contributed by atoms with van der Waals surface area (Å²) in [4.78, 5) is 18.6. The number of rotatable bonds is 3. The third-order valence-corrected chi connectivity index (χ3v) is 4.76. The number of thioether (sulfide) groups is 1. The number of methoxy groups -OCH3 is 1. The zero-order chi connectivity index (χ0) is 17.3. The van der Waals surface area contributed by atoms with Gasteiger partial charge >= 0.3 is 0 Å². The Labute approximate surface area is 152 Å². The van der Waals surface area contributed by atoms with Crippen LogP contribution in [0, 0.1) is 0 Å². The predicted molar refractivity (Wildman–Crippen MR) is 99.6 cm³/mol. The van der Waals surface area contributed by atoms with Crippen LogP contribution in [0.4, 0.5) is 5.82 Å². The number of pyridine rings is 1. The second-order valence-electron chi connectivity index (χ2n) is 4.78. The standard InChI is InChI=1S/C16H11ClN2O3S2/c1-22-12-6-9(2-4-11(12)20)7-13-15(21)19(16(23)24-13)14-5-3-10(17)8-18-14/h2-8,20H,1H3/b13-7-. The van der Waals surface area contributed by atoms with E-state index in [2.05, 4.69) is 4.98 Å². The van der Waals surface area contributed by atoms with Crippen molar-refractivity contribution >= 4 is 57.7 Å². The summed E-state index contributed by atoms with van der Waals surface area (Å²) in [5.74, 6) is 0.534. The SMILES string of the molecule is COc1cc(/C=C2\SC(=S)N(c3ccc(Cl)cn3)C2=O)ccc1O. The van der Waals surface area contributed by atoms with Gasteiger partial charge in [0.05, 0.1) is 17.0 Å². The topological polar surface area (TPSA) is 62.7 Å². The lowest BCUT2D eigenvalue weighted by Gasteiger charge is -2.12. The second-order valence-corrected chi connectivity index (χ2v) is 6.90. The molecule has 1 amide bonds. The Hall–Kier alpha value is -2.09. The summed E-state index contributed by atoms with van der Waals surface area (Å²) >= 11 is 12.3. The molecule has 24 heavy (non-hydrogen) atoms. The van der Waals surface area contributed by atoms with Crippen molar-refractivity contribution in [3.05, 3.63) is 52.0 Å². The molecule has 1 aliphatic heterocycles. The number of halogens is 1. The number of nitrogens with zero attached hydrogens (tertiary/aromatic N) is 2. The number of phenols is 1. The summed E-state index contributed by atoms with van der Waals surface area (Å²) < 4.78 is 5.47. The highest BCUT2D eigenvalue weighted by atomic mass is 35.5. The normalized spacial score (nSPS) is 16.1. The number of aromatic nitrogens is 1. The summed E-state index contributed by atoms with van der Waals surface area (Å²) in [5, 5.41) is 10.1. The number of carbonyl (C=O) groups excluding carboxylic acids is 1. The fraction of sp³-hybridized carbons (Fsp3) is 0.0625. The van der Waals surface area contributed by atoms with Gasteiger partial charge in [0.15, 0.2) is 15.8 Å². The van der Waals surface area contributed by atoms with E-state index in [0.717, 1.165) is 0 Å². The molecule has 0 bridgehead atoms. The van der Waals surface area contributed by atoms with Gasteiger partial charge in [0.1, 0.15) is 5.82 Å². The van der Waals surface area contributed by atoms with Crippen LogP contribution in [0.2, 0.25) is 5.02 Å². The van der Waals surface area contributed by atoms with Gasteiger partial charge in [0, 0.05) is 6.20 Å². The molecule has 1 fully saturated rings. The van der Waals surface area contributed by atoms with Crippen molar-refractivity contribution in [2.24, 2.45) is 0 Å². The van der Waals surface area contributed by atoms with E-state index in [0.29, 0.717) is 31.4 Å². The van der Waals surface area contributed by atoms with Crippen LogP contribution >= 0.6 is 35.6 Å². The fourth-order valence-corrected chi connectivity index (χ4v) is 3.49. The van der Waals surface area contributed by atoms with Gasteiger partial charge < -0.3 is 9.84 Å². The van der Waals surface area contributed by atoms with E-state index in [1.165, 1.54) is 36.0 Å². The van der Waals surface area contributed by atoms with E-state index in [1.54, 1.807) is 30.3 Å².